The van der Waals surface area contributed by atoms with Gasteiger partial charge in [-0.05, 0) is 35.9 Å². The molecule has 0 aliphatic rings. The number of carbonyl (C=O) groups excluding carboxylic acids is 2. The van der Waals surface area contributed by atoms with E-state index in [1.54, 1.807) is 30.3 Å². The molecule has 138 valence electrons. The number of thiazole rings is 1. The normalized spacial score (nSPS) is 12.0. The fourth-order valence-corrected chi connectivity index (χ4v) is 3.64. The molecule has 1 amide bonds. The summed E-state index contributed by atoms with van der Waals surface area (Å²) in [6.45, 7) is -0.136. The van der Waals surface area contributed by atoms with Crippen molar-refractivity contribution in [3.8, 4) is 0 Å². The summed E-state index contributed by atoms with van der Waals surface area (Å²) >= 11 is 7.16. The van der Waals surface area contributed by atoms with E-state index in [9.17, 15) is 14.0 Å². The number of esters is 1. The van der Waals surface area contributed by atoms with E-state index >= 15 is 0 Å². The van der Waals surface area contributed by atoms with Gasteiger partial charge in [0.15, 0.2) is 4.80 Å². The van der Waals surface area contributed by atoms with Gasteiger partial charge < -0.3 is 9.30 Å². The Morgan fingerprint density at radius 3 is 2.81 bits per heavy atom. The maximum atomic E-state index is 13.5. The molecule has 0 spiro atoms. The van der Waals surface area contributed by atoms with Gasteiger partial charge in [0.2, 0.25) is 0 Å². The highest BCUT2D eigenvalue weighted by Gasteiger charge is 2.12. The topological polar surface area (TPSA) is 60.7 Å². The van der Waals surface area contributed by atoms with E-state index in [2.05, 4.69) is 4.99 Å². The first-order chi connectivity index (χ1) is 13.0. The van der Waals surface area contributed by atoms with E-state index < -0.39 is 17.7 Å². The Labute approximate surface area is 163 Å². The van der Waals surface area contributed by atoms with E-state index in [1.165, 1.54) is 36.0 Å². The largest absolute Gasteiger partial charge is 0.468 e. The van der Waals surface area contributed by atoms with Crippen LogP contribution in [0.2, 0.25) is 5.02 Å². The van der Waals surface area contributed by atoms with Gasteiger partial charge in [-0.3, -0.25) is 9.59 Å². The van der Waals surface area contributed by atoms with Gasteiger partial charge in [-0.1, -0.05) is 41.1 Å². The molecule has 0 fully saturated rings. The second-order valence-corrected chi connectivity index (χ2v) is 6.88. The van der Waals surface area contributed by atoms with Gasteiger partial charge in [-0.2, -0.15) is 4.99 Å². The highest BCUT2D eigenvalue weighted by Crippen LogP contribution is 2.19. The molecular formula is C19H14ClFN2O3S. The van der Waals surface area contributed by atoms with Crippen LogP contribution in [0.5, 0.6) is 0 Å². The Kier molecular flexibility index (Phi) is 5.83. The summed E-state index contributed by atoms with van der Waals surface area (Å²) in [5.41, 5.74) is 1.27. The van der Waals surface area contributed by atoms with Crippen molar-refractivity contribution in [1.29, 1.82) is 0 Å². The van der Waals surface area contributed by atoms with Gasteiger partial charge >= 0.3 is 5.97 Å². The summed E-state index contributed by atoms with van der Waals surface area (Å²) in [5, 5.41) is 0.514. The van der Waals surface area contributed by atoms with Crippen molar-refractivity contribution in [2.24, 2.45) is 4.99 Å². The third-order valence-corrected chi connectivity index (χ3v) is 5.06. The summed E-state index contributed by atoms with van der Waals surface area (Å²) < 4.78 is 20.3. The fourth-order valence-electron chi connectivity index (χ4n) is 2.38. The molecule has 0 aliphatic heterocycles. The minimum absolute atomic E-state index is 0.136. The second-order valence-electron chi connectivity index (χ2n) is 5.46. The average Bonchev–Trinajstić information content (AvgIpc) is 2.97. The molecular weight excluding hydrogens is 391 g/mol. The third-order valence-electron chi connectivity index (χ3n) is 3.68. The van der Waals surface area contributed by atoms with Crippen LogP contribution >= 0.6 is 22.9 Å². The SMILES string of the molecule is COC(=O)Cn1c(=NC(=O)C=Cc2ccccc2Cl)sc2cc(F)ccc21. The lowest BCUT2D eigenvalue weighted by molar-refractivity contribution is -0.141. The summed E-state index contributed by atoms with van der Waals surface area (Å²) in [5.74, 6) is -1.44. The first-order valence-electron chi connectivity index (χ1n) is 7.85. The van der Waals surface area contributed by atoms with Crippen LogP contribution in [0, 0.1) is 5.82 Å². The molecule has 2 aromatic carbocycles. The number of rotatable bonds is 4. The predicted octanol–water partition coefficient (Wildman–Crippen LogP) is 3.81. The molecule has 1 heterocycles. The Bertz CT molecular complexity index is 1120. The molecule has 0 aliphatic carbocycles. The number of ether oxygens (including phenoxy) is 1. The number of aromatic nitrogens is 1. The summed E-state index contributed by atoms with van der Waals surface area (Å²) in [4.78, 5) is 28.3. The van der Waals surface area contributed by atoms with Crippen molar-refractivity contribution in [2.45, 2.75) is 6.54 Å². The monoisotopic (exact) mass is 404 g/mol. The van der Waals surface area contributed by atoms with Crippen molar-refractivity contribution >= 4 is 51.1 Å². The smallest absolute Gasteiger partial charge is 0.325 e. The van der Waals surface area contributed by atoms with Crippen LogP contribution in [-0.4, -0.2) is 23.6 Å². The van der Waals surface area contributed by atoms with Crippen LogP contribution in [0.15, 0.2) is 53.5 Å². The second kappa shape index (κ2) is 8.28. The zero-order valence-electron chi connectivity index (χ0n) is 14.2. The zero-order chi connectivity index (χ0) is 19.4. The predicted molar refractivity (Wildman–Crippen MR) is 103 cm³/mol. The summed E-state index contributed by atoms with van der Waals surface area (Å²) in [6, 6.07) is 11.2. The minimum atomic E-state index is -0.527. The van der Waals surface area contributed by atoms with E-state index in [-0.39, 0.29) is 11.3 Å². The Morgan fingerprint density at radius 1 is 1.30 bits per heavy atom. The molecule has 27 heavy (non-hydrogen) atoms. The third kappa shape index (κ3) is 4.50. The van der Waals surface area contributed by atoms with Crippen LogP contribution in [-0.2, 0) is 20.9 Å². The molecule has 0 bridgehead atoms. The number of hydrogen-bond acceptors (Lipinski definition) is 4. The van der Waals surface area contributed by atoms with Crippen molar-refractivity contribution in [2.75, 3.05) is 7.11 Å². The number of halogens is 2. The lowest BCUT2D eigenvalue weighted by Crippen LogP contribution is -2.22. The number of benzene rings is 2. The molecule has 0 radical (unpaired) electrons. The van der Waals surface area contributed by atoms with E-state index in [4.69, 9.17) is 16.3 Å². The number of amides is 1. The van der Waals surface area contributed by atoms with E-state index in [0.717, 1.165) is 11.3 Å². The molecule has 1 aromatic heterocycles. The number of methoxy groups -OCH3 is 1. The van der Waals surface area contributed by atoms with Gasteiger partial charge in [-0.25, -0.2) is 4.39 Å². The molecule has 0 atom stereocenters. The first-order valence-corrected chi connectivity index (χ1v) is 9.04. The van der Waals surface area contributed by atoms with Crippen LogP contribution in [0.25, 0.3) is 16.3 Å². The van der Waals surface area contributed by atoms with Crippen LogP contribution in [0.3, 0.4) is 0 Å². The molecule has 0 saturated heterocycles. The molecule has 3 rings (SSSR count). The average molecular weight is 405 g/mol. The molecule has 5 nitrogen and oxygen atoms in total. The maximum absolute atomic E-state index is 13.5. The van der Waals surface area contributed by atoms with Gasteiger partial charge in [0, 0.05) is 11.1 Å². The molecule has 8 heteroatoms. The molecule has 0 N–H and O–H groups in total. The quantitative estimate of drug-likeness (QED) is 0.490. The molecule has 3 aromatic rings. The molecule has 0 unspecified atom stereocenters. The standard InChI is InChI=1S/C19H14ClFN2O3S/c1-26-18(25)11-23-15-8-7-13(21)10-16(15)27-19(23)22-17(24)9-6-12-4-2-3-5-14(12)20/h2-10H,11H2,1H3. The first kappa shape index (κ1) is 19.0. The highest BCUT2D eigenvalue weighted by molar-refractivity contribution is 7.16. The van der Waals surface area contributed by atoms with Crippen molar-refractivity contribution in [1.82, 2.24) is 4.57 Å². The Balaban J connectivity index is 2.01. The number of hydrogen-bond donors (Lipinski definition) is 0. The lowest BCUT2D eigenvalue weighted by Gasteiger charge is -2.03. The van der Waals surface area contributed by atoms with Gasteiger partial charge in [0.1, 0.15) is 12.4 Å². The van der Waals surface area contributed by atoms with Crippen LogP contribution in [0.1, 0.15) is 5.56 Å². The Morgan fingerprint density at radius 2 is 2.07 bits per heavy atom. The highest BCUT2D eigenvalue weighted by atomic mass is 35.5. The van der Waals surface area contributed by atoms with Crippen molar-refractivity contribution in [3.63, 3.8) is 0 Å². The number of fused-ring (bicyclic) bond motifs is 1. The van der Waals surface area contributed by atoms with Crippen molar-refractivity contribution < 1.29 is 18.7 Å². The summed E-state index contributed by atoms with van der Waals surface area (Å²) in [6.07, 6.45) is 2.85. The lowest BCUT2D eigenvalue weighted by atomic mass is 10.2. The van der Waals surface area contributed by atoms with E-state index in [1.807, 2.05) is 0 Å². The van der Waals surface area contributed by atoms with E-state index in [0.29, 0.717) is 20.8 Å². The molecule has 0 saturated carbocycles. The van der Waals surface area contributed by atoms with Crippen LogP contribution in [0.4, 0.5) is 4.39 Å². The van der Waals surface area contributed by atoms with Crippen LogP contribution < -0.4 is 4.80 Å². The van der Waals surface area contributed by atoms with Crippen molar-refractivity contribution in [3.05, 3.63) is 69.7 Å². The number of carbonyl (C=O) groups is 2. The number of nitrogens with zero attached hydrogens (tertiary/aromatic N) is 2. The summed E-state index contributed by atoms with van der Waals surface area (Å²) in [7, 11) is 1.27. The zero-order valence-corrected chi connectivity index (χ0v) is 15.8. The van der Waals surface area contributed by atoms with Gasteiger partial charge in [0.25, 0.3) is 5.91 Å². The van der Waals surface area contributed by atoms with Gasteiger partial charge in [0.05, 0.1) is 17.3 Å². The minimum Gasteiger partial charge on any atom is -0.468 e. The fraction of sp³-hybridized carbons (Fsp3) is 0.105. The Hall–Kier alpha value is -2.77. The van der Waals surface area contributed by atoms with Gasteiger partial charge in [-0.15, -0.1) is 0 Å². The maximum Gasteiger partial charge on any atom is 0.325 e.